The van der Waals surface area contributed by atoms with E-state index in [1.165, 1.54) is 13.2 Å². The van der Waals surface area contributed by atoms with Gasteiger partial charge in [-0.1, -0.05) is 0 Å². The molecule has 3 unspecified atom stereocenters. The van der Waals surface area contributed by atoms with Gasteiger partial charge in [-0.15, -0.1) is 0 Å². The number of benzene rings is 1. The standard InChI is InChI=1S/C15H18FNO5/c1-3-22-12-7-11(13(12)21-2)17-14(18)9-5-4-8(15(19)20)6-10(9)16/h4-6,11-13H,3,7H2,1-2H3,(H,17,18)(H,19,20). The van der Waals surface area contributed by atoms with E-state index in [4.69, 9.17) is 14.6 Å². The highest BCUT2D eigenvalue weighted by molar-refractivity contribution is 5.96. The summed E-state index contributed by atoms with van der Waals surface area (Å²) in [6, 6.07) is 2.93. The Bertz CT molecular complexity index is 577. The molecule has 2 rings (SSSR count). The monoisotopic (exact) mass is 311 g/mol. The molecule has 7 heteroatoms. The molecule has 22 heavy (non-hydrogen) atoms. The maximum atomic E-state index is 13.8. The second-order valence-corrected chi connectivity index (χ2v) is 5.01. The number of carbonyl (C=O) groups excluding carboxylic acids is 1. The molecular formula is C15H18FNO5. The van der Waals surface area contributed by atoms with Gasteiger partial charge in [0.25, 0.3) is 5.91 Å². The minimum atomic E-state index is -1.25. The predicted octanol–water partition coefficient (Wildman–Crippen LogP) is 1.45. The average Bonchev–Trinajstić information content (AvgIpc) is 2.45. The summed E-state index contributed by atoms with van der Waals surface area (Å²) in [5.74, 6) is -2.72. The van der Waals surface area contributed by atoms with Gasteiger partial charge in [-0.3, -0.25) is 4.79 Å². The number of rotatable bonds is 6. The summed E-state index contributed by atoms with van der Waals surface area (Å²) >= 11 is 0. The first-order valence-electron chi connectivity index (χ1n) is 6.96. The minimum Gasteiger partial charge on any atom is -0.478 e. The van der Waals surface area contributed by atoms with Crippen molar-refractivity contribution in [2.45, 2.75) is 31.6 Å². The third-order valence-corrected chi connectivity index (χ3v) is 3.68. The zero-order valence-electron chi connectivity index (χ0n) is 12.3. The van der Waals surface area contributed by atoms with E-state index in [9.17, 15) is 14.0 Å². The van der Waals surface area contributed by atoms with Crippen LogP contribution < -0.4 is 5.32 Å². The molecule has 1 saturated carbocycles. The zero-order valence-corrected chi connectivity index (χ0v) is 12.3. The Balaban J connectivity index is 2.03. The number of ether oxygens (including phenoxy) is 2. The van der Waals surface area contributed by atoms with Crippen LogP contribution in [0.4, 0.5) is 4.39 Å². The highest BCUT2D eigenvalue weighted by Crippen LogP contribution is 2.27. The smallest absolute Gasteiger partial charge is 0.335 e. The van der Waals surface area contributed by atoms with Crippen LogP contribution in [0.2, 0.25) is 0 Å². The van der Waals surface area contributed by atoms with Gasteiger partial charge in [0.15, 0.2) is 0 Å². The Morgan fingerprint density at radius 1 is 1.45 bits per heavy atom. The Hall–Kier alpha value is -1.99. The molecule has 0 spiro atoms. The molecule has 0 heterocycles. The van der Waals surface area contributed by atoms with Crippen LogP contribution in [-0.4, -0.2) is 48.9 Å². The molecule has 1 amide bonds. The highest BCUT2D eigenvalue weighted by Gasteiger charge is 2.43. The molecule has 1 aliphatic rings. The number of carbonyl (C=O) groups is 2. The SMILES string of the molecule is CCOC1CC(NC(=O)c2ccc(C(=O)O)cc2F)C1OC. The normalized spacial score (nSPS) is 23.7. The lowest BCUT2D eigenvalue weighted by Crippen LogP contribution is -2.61. The summed E-state index contributed by atoms with van der Waals surface area (Å²) in [5, 5.41) is 11.5. The second-order valence-electron chi connectivity index (χ2n) is 5.01. The fourth-order valence-electron chi connectivity index (χ4n) is 2.49. The van der Waals surface area contributed by atoms with E-state index < -0.39 is 17.7 Å². The van der Waals surface area contributed by atoms with E-state index in [-0.39, 0.29) is 29.4 Å². The second kappa shape index (κ2) is 6.85. The highest BCUT2D eigenvalue weighted by atomic mass is 19.1. The van der Waals surface area contributed by atoms with Crippen molar-refractivity contribution in [1.29, 1.82) is 0 Å². The first-order chi connectivity index (χ1) is 10.5. The van der Waals surface area contributed by atoms with Crippen molar-refractivity contribution in [3.63, 3.8) is 0 Å². The van der Waals surface area contributed by atoms with Crippen molar-refractivity contribution in [2.24, 2.45) is 0 Å². The Morgan fingerprint density at radius 3 is 2.73 bits per heavy atom. The van der Waals surface area contributed by atoms with Crippen LogP contribution in [0.1, 0.15) is 34.1 Å². The van der Waals surface area contributed by atoms with Crippen molar-refractivity contribution in [2.75, 3.05) is 13.7 Å². The first-order valence-corrected chi connectivity index (χ1v) is 6.96. The number of amides is 1. The van der Waals surface area contributed by atoms with E-state index in [1.54, 1.807) is 0 Å². The van der Waals surface area contributed by atoms with Crippen molar-refractivity contribution < 1.29 is 28.6 Å². The van der Waals surface area contributed by atoms with Gasteiger partial charge >= 0.3 is 5.97 Å². The zero-order chi connectivity index (χ0) is 16.3. The predicted molar refractivity (Wildman–Crippen MR) is 75.4 cm³/mol. The molecule has 0 saturated heterocycles. The van der Waals surface area contributed by atoms with Crippen LogP contribution >= 0.6 is 0 Å². The molecule has 0 aliphatic heterocycles. The van der Waals surface area contributed by atoms with Crippen molar-refractivity contribution in [1.82, 2.24) is 5.32 Å². The van der Waals surface area contributed by atoms with E-state index in [0.29, 0.717) is 13.0 Å². The quantitative estimate of drug-likeness (QED) is 0.830. The Morgan fingerprint density at radius 2 is 2.18 bits per heavy atom. The van der Waals surface area contributed by atoms with Crippen molar-refractivity contribution in [3.05, 3.63) is 35.1 Å². The van der Waals surface area contributed by atoms with Crippen molar-refractivity contribution in [3.8, 4) is 0 Å². The van der Waals surface area contributed by atoms with Crippen LogP contribution in [0, 0.1) is 5.82 Å². The van der Waals surface area contributed by atoms with Crippen molar-refractivity contribution >= 4 is 11.9 Å². The number of hydrogen-bond donors (Lipinski definition) is 2. The van der Waals surface area contributed by atoms with E-state index in [2.05, 4.69) is 5.32 Å². The molecule has 0 radical (unpaired) electrons. The van der Waals surface area contributed by atoms with Gasteiger partial charge in [0.2, 0.25) is 0 Å². The minimum absolute atomic E-state index is 0.0838. The molecule has 0 bridgehead atoms. The summed E-state index contributed by atoms with van der Waals surface area (Å²) in [5.41, 5.74) is -0.399. The third-order valence-electron chi connectivity index (χ3n) is 3.68. The summed E-state index contributed by atoms with van der Waals surface area (Å²) in [6.07, 6.45) is 0.234. The number of aromatic carboxylic acids is 1. The third kappa shape index (κ3) is 3.26. The van der Waals surface area contributed by atoms with Crippen LogP contribution in [-0.2, 0) is 9.47 Å². The molecule has 120 valence electrons. The van der Waals surface area contributed by atoms with Gasteiger partial charge in [-0.25, -0.2) is 9.18 Å². The molecule has 1 aromatic rings. The van der Waals surface area contributed by atoms with Gasteiger partial charge in [0.05, 0.1) is 23.3 Å². The van der Waals surface area contributed by atoms with Crippen LogP contribution in [0.3, 0.4) is 0 Å². The first kappa shape index (κ1) is 16.4. The molecule has 1 fully saturated rings. The van der Waals surface area contributed by atoms with E-state index in [0.717, 1.165) is 12.1 Å². The maximum absolute atomic E-state index is 13.8. The van der Waals surface area contributed by atoms with E-state index >= 15 is 0 Å². The fraction of sp³-hybridized carbons (Fsp3) is 0.467. The molecular weight excluding hydrogens is 293 g/mol. The lowest BCUT2D eigenvalue weighted by Gasteiger charge is -2.43. The Kier molecular flexibility index (Phi) is 5.10. The molecule has 3 atom stereocenters. The summed E-state index contributed by atoms with van der Waals surface area (Å²) in [6.45, 7) is 2.43. The molecule has 1 aromatic carbocycles. The van der Waals surface area contributed by atoms with Crippen LogP contribution in [0.5, 0.6) is 0 Å². The Labute approximate surface area is 127 Å². The average molecular weight is 311 g/mol. The number of methoxy groups -OCH3 is 1. The number of carboxylic acids is 1. The maximum Gasteiger partial charge on any atom is 0.335 e. The fourth-order valence-corrected chi connectivity index (χ4v) is 2.49. The number of carboxylic acid groups (broad SMARTS) is 1. The molecule has 2 N–H and O–H groups in total. The van der Waals surface area contributed by atoms with Gasteiger partial charge in [-0.05, 0) is 31.5 Å². The lowest BCUT2D eigenvalue weighted by atomic mass is 9.85. The summed E-state index contributed by atoms with van der Waals surface area (Å²) in [4.78, 5) is 22.8. The largest absolute Gasteiger partial charge is 0.478 e. The lowest BCUT2D eigenvalue weighted by molar-refractivity contribution is -0.128. The topological polar surface area (TPSA) is 84.9 Å². The van der Waals surface area contributed by atoms with Gasteiger partial charge < -0.3 is 19.9 Å². The van der Waals surface area contributed by atoms with Gasteiger partial charge in [-0.2, -0.15) is 0 Å². The number of nitrogens with one attached hydrogen (secondary N) is 1. The summed E-state index contributed by atoms with van der Waals surface area (Å²) in [7, 11) is 1.53. The van der Waals surface area contributed by atoms with Gasteiger partial charge in [0, 0.05) is 13.7 Å². The molecule has 0 aromatic heterocycles. The molecule has 6 nitrogen and oxygen atoms in total. The number of halogens is 1. The summed E-state index contributed by atoms with van der Waals surface area (Å²) < 4.78 is 24.5. The number of hydrogen-bond acceptors (Lipinski definition) is 4. The molecule has 1 aliphatic carbocycles. The van der Waals surface area contributed by atoms with Gasteiger partial charge in [0.1, 0.15) is 11.9 Å². The van der Waals surface area contributed by atoms with Crippen LogP contribution in [0.15, 0.2) is 18.2 Å². The van der Waals surface area contributed by atoms with Crippen LogP contribution in [0.25, 0.3) is 0 Å². The van der Waals surface area contributed by atoms with E-state index in [1.807, 2.05) is 6.92 Å².